The summed E-state index contributed by atoms with van der Waals surface area (Å²) in [5, 5.41) is -0.962. The molecule has 0 saturated carbocycles. The zero-order valence-corrected chi connectivity index (χ0v) is 12.1. The SMILES string of the molecule is CC(=O)O[C@@H]1[C@H](Cl)/C(=C/F)O[C@H]1n1cnc2c(N)ncnc21. The lowest BCUT2D eigenvalue weighted by Gasteiger charge is -2.20. The Morgan fingerprint density at radius 1 is 1.55 bits per heavy atom. The van der Waals surface area contributed by atoms with Crippen LogP contribution in [0.2, 0.25) is 0 Å². The number of nitrogens with zero attached hydrogens (tertiary/aromatic N) is 4. The molecule has 3 atom stereocenters. The summed E-state index contributed by atoms with van der Waals surface area (Å²) in [6, 6.07) is 0. The Hall–Kier alpha value is -2.42. The standard InChI is InChI=1S/C12H11ClFN5O3/c1-5(20)21-9-7(13)6(2-14)22-12(9)19-4-18-8-10(15)16-3-17-11(8)19/h2-4,7,9,12H,1H3,(H2,15,16,17)/b6-2-/t7-,9-,12-/m1/s1. The Bertz CT molecular complexity index is 764. The van der Waals surface area contributed by atoms with Gasteiger partial charge in [0.2, 0.25) is 6.23 Å². The van der Waals surface area contributed by atoms with E-state index in [2.05, 4.69) is 15.0 Å². The van der Waals surface area contributed by atoms with E-state index in [1.54, 1.807) is 0 Å². The molecule has 0 unspecified atom stereocenters. The maximum atomic E-state index is 12.9. The van der Waals surface area contributed by atoms with Crippen molar-refractivity contribution in [3.05, 3.63) is 24.7 Å². The van der Waals surface area contributed by atoms with Gasteiger partial charge in [-0.05, 0) is 0 Å². The molecule has 22 heavy (non-hydrogen) atoms. The van der Waals surface area contributed by atoms with Crippen molar-refractivity contribution in [2.75, 3.05) is 5.73 Å². The van der Waals surface area contributed by atoms with E-state index in [9.17, 15) is 9.18 Å². The molecule has 3 rings (SSSR count). The summed E-state index contributed by atoms with van der Waals surface area (Å²) < 4.78 is 24.9. The van der Waals surface area contributed by atoms with Crippen molar-refractivity contribution in [2.45, 2.75) is 24.6 Å². The van der Waals surface area contributed by atoms with Crippen LogP contribution in [0.5, 0.6) is 0 Å². The molecule has 1 aliphatic heterocycles. The minimum Gasteiger partial charge on any atom is -0.466 e. The fourth-order valence-corrected chi connectivity index (χ4v) is 2.52. The monoisotopic (exact) mass is 327 g/mol. The van der Waals surface area contributed by atoms with Crippen LogP contribution in [0.1, 0.15) is 13.2 Å². The third-order valence-corrected chi connectivity index (χ3v) is 3.63. The molecule has 2 aromatic heterocycles. The Labute approximate surface area is 128 Å². The molecular formula is C12H11ClFN5O3. The first-order valence-electron chi connectivity index (χ1n) is 6.24. The van der Waals surface area contributed by atoms with Crippen molar-refractivity contribution in [1.29, 1.82) is 0 Å². The molecular weight excluding hydrogens is 317 g/mol. The van der Waals surface area contributed by atoms with Gasteiger partial charge in [-0.1, -0.05) is 0 Å². The number of nitrogens with two attached hydrogens (primary N) is 1. The van der Waals surface area contributed by atoms with Gasteiger partial charge in [0.05, 0.1) is 0 Å². The van der Waals surface area contributed by atoms with E-state index in [-0.39, 0.29) is 17.9 Å². The van der Waals surface area contributed by atoms with Gasteiger partial charge >= 0.3 is 5.97 Å². The number of aromatic nitrogens is 4. The number of fused-ring (bicyclic) bond motifs is 1. The Morgan fingerprint density at radius 2 is 2.32 bits per heavy atom. The summed E-state index contributed by atoms with van der Waals surface area (Å²) in [5.41, 5.74) is 6.43. The van der Waals surface area contributed by atoms with Crippen molar-refractivity contribution in [3.8, 4) is 0 Å². The number of esters is 1. The molecule has 0 amide bonds. The number of hydrogen-bond acceptors (Lipinski definition) is 7. The number of halogens is 2. The number of carbonyl (C=O) groups is 1. The molecule has 3 heterocycles. The predicted octanol–water partition coefficient (Wildman–Crippen LogP) is 1.29. The van der Waals surface area contributed by atoms with Gasteiger partial charge < -0.3 is 15.2 Å². The highest BCUT2D eigenvalue weighted by Gasteiger charge is 2.45. The lowest BCUT2D eigenvalue weighted by molar-refractivity contribution is -0.151. The molecule has 1 fully saturated rings. The molecule has 8 nitrogen and oxygen atoms in total. The van der Waals surface area contributed by atoms with E-state index in [0.29, 0.717) is 11.2 Å². The second kappa shape index (κ2) is 5.41. The third kappa shape index (κ3) is 2.23. The van der Waals surface area contributed by atoms with Gasteiger partial charge in [0.1, 0.15) is 35.6 Å². The van der Waals surface area contributed by atoms with Crippen molar-refractivity contribution < 1.29 is 18.7 Å². The van der Waals surface area contributed by atoms with Crippen LogP contribution < -0.4 is 5.73 Å². The number of ether oxygens (including phenoxy) is 2. The summed E-state index contributed by atoms with van der Waals surface area (Å²) in [4.78, 5) is 23.2. The van der Waals surface area contributed by atoms with Crippen molar-refractivity contribution in [3.63, 3.8) is 0 Å². The maximum Gasteiger partial charge on any atom is 0.303 e. The first-order valence-corrected chi connectivity index (χ1v) is 6.67. The van der Waals surface area contributed by atoms with Gasteiger partial charge in [-0.15, -0.1) is 11.6 Å². The lowest BCUT2D eigenvalue weighted by atomic mass is 10.2. The van der Waals surface area contributed by atoms with Crippen LogP contribution in [0, 0.1) is 0 Å². The number of anilines is 1. The second-order valence-electron chi connectivity index (χ2n) is 4.58. The van der Waals surface area contributed by atoms with Crippen LogP contribution in [-0.4, -0.2) is 37.0 Å². The minimum atomic E-state index is -0.962. The summed E-state index contributed by atoms with van der Waals surface area (Å²) in [5.74, 6) is -0.515. The fraction of sp³-hybridized carbons (Fsp3) is 0.333. The van der Waals surface area contributed by atoms with Crippen LogP contribution in [0.25, 0.3) is 11.2 Å². The number of rotatable bonds is 2. The van der Waals surface area contributed by atoms with Crippen LogP contribution in [0.15, 0.2) is 24.7 Å². The van der Waals surface area contributed by atoms with Gasteiger partial charge in [0, 0.05) is 6.92 Å². The Morgan fingerprint density at radius 3 is 3.00 bits per heavy atom. The van der Waals surface area contributed by atoms with E-state index < -0.39 is 23.7 Å². The van der Waals surface area contributed by atoms with E-state index >= 15 is 0 Å². The van der Waals surface area contributed by atoms with Crippen molar-refractivity contribution >= 4 is 34.6 Å². The molecule has 0 bridgehead atoms. The van der Waals surface area contributed by atoms with Gasteiger partial charge in [0.15, 0.2) is 17.6 Å². The number of hydrogen-bond donors (Lipinski definition) is 1. The molecule has 2 N–H and O–H groups in total. The number of carbonyl (C=O) groups excluding carboxylic acids is 1. The van der Waals surface area contributed by atoms with Crippen LogP contribution in [0.3, 0.4) is 0 Å². The van der Waals surface area contributed by atoms with Gasteiger partial charge in [0.25, 0.3) is 0 Å². The largest absolute Gasteiger partial charge is 0.466 e. The van der Waals surface area contributed by atoms with Crippen molar-refractivity contribution in [1.82, 2.24) is 19.5 Å². The lowest BCUT2D eigenvalue weighted by Crippen LogP contribution is -2.30. The van der Waals surface area contributed by atoms with Gasteiger partial charge in [-0.3, -0.25) is 9.36 Å². The average Bonchev–Trinajstić information content (AvgIpc) is 3.02. The van der Waals surface area contributed by atoms with Gasteiger partial charge in [-0.25, -0.2) is 19.3 Å². The minimum absolute atomic E-state index is 0.137. The summed E-state index contributed by atoms with van der Waals surface area (Å²) in [6.45, 7) is 1.23. The topological polar surface area (TPSA) is 105 Å². The number of imidazole rings is 1. The van der Waals surface area contributed by atoms with E-state index in [1.807, 2.05) is 0 Å². The number of nitrogen functional groups attached to an aromatic ring is 1. The summed E-state index contributed by atoms with van der Waals surface area (Å²) in [7, 11) is 0. The Balaban J connectivity index is 2.07. The highest BCUT2D eigenvalue weighted by molar-refractivity contribution is 6.23. The van der Waals surface area contributed by atoms with Crippen LogP contribution in [-0.2, 0) is 14.3 Å². The molecule has 0 aromatic carbocycles. The highest BCUT2D eigenvalue weighted by atomic mass is 35.5. The molecule has 0 radical (unpaired) electrons. The smallest absolute Gasteiger partial charge is 0.303 e. The molecule has 10 heteroatoms. The normalized spacial score (nSPS) is 26.3. The molecule has 0 spiro atoms. The van der Waals surface area contributed by atoms with Crippen molar-refractivity contribution in [2.24, 2.45) is 0 Å². The van der Waals surface area contributed by atoms with E-state index in [1.165, 1.54) is 24.1 Å². The fourth-order valence-electron chi connectivity index (χ4n) is 2.24. The van der Waals surface area contributed by atoms with Crippen LogP contribution in [0.4, 0.5) is 10.2 Å². The van der Waals surface area contributed by atoms with Crippen LogP contribution >= 0.6 is 11.6 Å². The first kappa shape index (κ1) is 14.5. The molecule has 0 aliphatic carbocycles. The van der Waals surface area contributed by atoms with E-state index in [0.717, 1.165) is 0 Å². The second-order valence-corrected chi connectivity index (χ2v) is 5.05. The highest BCUT2D eigenvalue weighted by Crippen LogP contribution is 2.39. The predicted molar refractivity (Wildman–Crippen MR) is 74.2 cm³/mol. The zero-order valence-electron chi connectivity index (χ0n) is 11.3. The molecule has 1 saturated heterocycles. The number of alkyl halides is 1. The van der Waals surface area contributed by atoms with Gasteiger partial charge in [-0.2, -0.15) is 0 Å². The zero-order chi connectivity index (χ0) is 15.9. The maximum absolute atomic E-state index is 12.9. The quantitative estimate of drug-likeness (QED) is 0.654. The summed E-state index contributed by atoms with van der Waals surface area (Å²) >= 11 is 6.08. The molecule has 1 aliphatic rings. The molecule has 116 valence electrons. The molecule has 2 aromatic rings. The first-order chi connectivity index (χ1) is 10.5. The third-order valence-electron chi connectivity index (χ3n) is 3.17. The average molecular weight is 328 g/mol. The summed E-state index contributed by atoms with van der Waals surface area (Å²) in [6.07, 6.45) is 1.04. The van der Waals surface area contributed by atoms with E-state index in [4.69, 9.17) is 26.8 Å². The Kier molecular flexibility index (Phi) is 3.57.